The molecule has 1 aromatic rings. The maximum Gasteiger partial charge on any atom is 0.144 e. The summed E-state index contributed by atoms with van der Waals surface area (Å²) in [6.45, 7) is 2.52. The fourth-order valence-corrected chi connectivity index (χ4v) is 2.77. The fourth-order valence-electron chi connectivity index (χ4n) is 2.77. The Morgan fingerprint density at radius 2 is 2.19 bits per heavy atom. The molecule has 0 amide bonds. The lowest BCUT2D eigenvalue weighted by Crippen LogP contribution is -2.12. The largest absolute Gasteiger partial charge is 0.381 e. The van der Waals surface area contributed by atoms with Crippen molar-refractivity contribution >= 4 is 5.82 Å². The van der Waals surface area contributed by atoms with Gasteiger partial charge in [0.1, 0.15) is 11.9 Å². The average molecular weight is 285 g/mol. The van der Waals surface area contributed by atoms with Crippen LogP contribution in [0.4, 0.5) is 5.82 Å². The van der Waals surface area contributed by atoms with Gasteiger partial charge < -0.3 is 10.1 Å². The second-order valence-corrected chi connectivity index (χ2v) is 6.11. The zero-order chi connectivity index (χ0) is 14.5. The average Bonchev–Trinajstić information content (AvgIpc) is 3.34. The highest BCUT2D eigenvalue weighted by Crippen LogP contribution is 2.28. The molecule has 0 aromatic carbocycles. The van der Waals surface area contributed by atoms with Gasteiger partial charge in [0.15, 0.2) is 0 Å². The highest BCUT2D eigenvalue weighted by molar-refractivity contribution is 5.54. The molecule has 0 aliphatic heterocycles. The maximum absolute atomic E-state index is 9.27. The molecule has 1 saturated carbocycles. The molecular formula is C17H23N3O. The Morgan fingerprint density at radius 3 is 3.00 bits per heavy atom. The minimum Gasteiger partial charge on any atom is -0.381 e. The van der Waals surface area contributed by atoms with Crippen molar-refractivity contribution in [2.24, 2.45) is 5.92 Å². The van der Waals surface area contributed by atoms with Crippen LogP contribution in [-0.2, 0) is 17.6 Å². The second-order valence-electron chi connectivity index (χ2n) is 6.11. The molecule has 0 unspecified atom stereocenters. The quantitative estimate of drug-likeness (QED) is 0.782. The summed E-state index contributed by atoms with van der Waals surface area (Å²) in [7, 11) is 0. The molecule has 0 atom stereocenters. The highest BCUT2D eigenvalue weighted by atomic mass is 16.5. The Morgan fingerprint density at radius 1 is 1.33 bits per heavy atom. The van der Waals surface area contributed by atoms with E-state index >= 15 is 0 Å². The number of rotatable bonds is 7. The van der Waals surface area contributed by atoms with Crippen molar-refractivity contribution in [2.45, 2.75) is 44.9 Å². The minimum atomic E-state index is 0.676. The molecule has 2 aliphatic carbocycles. The van der Waals surface area contributed by atoms with Crippen molar-refractivity contribution in [3.63, 3.8) is 0 Å². The standard InChI is InChI=1S/C17H23N3O/c18-11-15-10-14-4-1-2-5-16(14)20-17(15)19-8-3-9-21-12-13-6-7-13/h10,13H,1-9,12H2,(H,19,20). The zero-order valence-electron chi connectivity index (χ0n) is 12.5. The summed E-state index contributed by atoms with van der Waals surface area (Å²) in [6.07, 6.45) is 8.15. The first-order valence-corrected chi connectivity index (χ1v) is 8.11. The van der Waals surface area contributed by atoms with Crippen LogP contribution in [0.3, 0.4) is 0 Å². The van der Waals surface area contributed by atoms with E-state index < -0.39 is 0 Å². The molecule has 1 fully saturated rings. The molecule has 0 bridgehead atoms. The van der Waals surface area contributed by atoms with Crippen LogP contribution < -0.4 is 5.32 Å². The van der Waals surface area contributed by atoms with E-state index in [-0.39, 0.29) is 0 Å². The maximum atomic E-state index is 9.27. The first kappa shape index (κ1) is 14.3. The molecule has 0 saturated heterocycles. The summed E-state index contributed by atoms with van der Waals surface area (Å²) in [4.78, 5) is 4.67. The lowest BCUT2D eigenvalue weighted by atomic mass is 9.95. The summed E-state index contributed by atoms with van der Waals surface area (Å²) in [5.41, 5.74) is 3.11. The van der Waals surface area contributed by atoms with Crippen LogP contribution in [0.15, 0.2) is 6.07 Å². The summed E-state index contributed by atoms with van der Waals surface area (Å²) in [6, 6.07) is 4.29. The molecule has 1 N–H and O–H groups in total. The Labute approximate surface area is 126 Å². The Balaban J connectivity index is 1.50. The molecule has 21 heavy (non-hydrogen) atoms. The predicted molar refractivity (Wildman–Crippen MR) is 82.2 cm³/mol. The van der Waals surface area contributed by atoms with Gasteiger partial charge in [-0.25, -0.2) is 4.98 Å². The molecule has 4 nitrogen and oxygen atoms in total. The number of anilines is 1. The van der Waals surface area contributed by atoms with E-state index in [4.69, 9.17) is 4.74 Å². The number of hydrogen-bond acceptors (Lipinski definition) is 4. The Hall–Kier alpha value is -1.60. The van der Waals surface area contributed by atoms with Crippen LogP contribution in [0.25, 0.3) is 0 Å². The van der Waals surface area contributed by atoms with Crippen LogP contribution in [0.5, 0.6) is 0 Å². The molecule has 4 heteroatoms. The van der Waals surface area contributed by atoms with Gasteiger partial charge in [-0.3, -0.25) is 0 Å². The molecule has 2 aliphatic rings. The van der Waals surface area contributed by atoms with Crippen molar-refractivity contribution in [1.82, 2.24) is 4.98 Å². The van der Waals surface area contributed by atoms with E-state index in [2.05, 4.69) is 16.4 Å². The SMILES string of the molecule is N#Cc1cc2c(nc1NCCCOCC1CC1)CCCC2. The first-order chi connectivity index (χ1) is 10.4. The molecule has 1 aromatic heterocycles. The number of aromatic nitrogens is 1. The highest BCUT2D eigenvalue weighted by Gasteiger charge is 2.20. The van der Waals surface area contributed by atoms with Crippen LogP contribution >= 0.6 is 0 Å². The third-order valence-electron chi connectivity index (χ3n) is 4.23. The number of aryl methyl sites for hydroxylation is 2. The summed E-state index contributed by atoms with van der Waals surface area (Å²) < 4.78 is 5.62. The summed E-state index contributed by atoms with van der Waals surface area (Å²) >= 11 is 0. The van der Waals surface area contributed by atoms with Gasteiger partial charge in [-0.15, -0.1) is 0 Å². The number of hydrogen-bond donors (Lipinski definition) is 1. The smallest absolute Gasteiger partial charge is 0.144 e. The Bertz CT molecular complexity index is 532. The number of nitrogens with zero attached hydrogens (tertiary/aromatic N) is 2. The van der Waals surface area contributed by atoms with Crippen molar-refractivity contribution < 1.29 is 4.74 Å². The summed E-state index contributed by atoms with van der Waals surface area (Å²) in [5.74, 6) is 1.57. The fraction of sp³-hybridized carbons (Fsp3) is 0.647. The van der Waals surface area contributed by atoms with Crippen molar-refractivity contribution in [1.29, 1.82) is 5.26 Å². The lowest BCUT2D eigenvalue weighted by molar-refractivity contribution is 0.124. The van der Waals surface area contributed by atoms with Gasteiger partial charge in [-0.2, -0.15) is 5.26 Å². The third-order valence-corrected chi connectivity index (χ3v) is 4.23. The van der Waals surface area contributed by atoms with Crippen molar-refractivity contribution in [3.8, 4) is 6.07 Å². The van der Waals surface area contributed by atoms with Gasteiger partial charge in [0.05, 0.1) is 5.56 Å². The number of ether oxygens (including phenoxy) is 1. The van der Waals surface area contributed by atoms with E-state index in [0.717, 1.165) is 50.8 Å². The molecule has 112 valence electrons. The monoisotopic (exact) mass is 285 g/mol. The first-order valence-electron chi connectivity index (χ1n) is 8.11. The van der Waals surface area contributed by atoms with Gasteiger partial charge in [0.2, 0.25) is 0 Å². The number of nitriles is 1. The van der Waals surface area contributed by atoms with Gasteiger partial charge in [0.25, 0.3) is 0 Å². The normalized spacial score (nSPS) is 17.1. The Kier molecular flexibility index (Phi) is 4.72. The molecular weight excluding hydrogens is 262 g/mol. The van der Waals surface area contributed by atoms with Crippen LogP contribution in [0, 0.1) is 17.2 Å². The van der Waals surface area contributed by atoms with Gasteiger partial charge >= 0.3 is 0 Å². The summed E-state index contributed by atoms with van der Waals surface area (Å²) in [5, 5.41) is 12.6. The van der Waals surface area contributed by atoms with Crippen LogP contribution in [0.1, 0.15) is 48.9 Å². The van der Waals surface area contributed by atoms with E-state index in [1.807, 2.05) is 6.07 Å². The van der Waals surface area contributed by atoms with Gasteiger partial charge in [-0.1, -0.05) is 0 Å². The zero-order valence-corrected chi connectivity index (χ0v) is 12.5. The molecule has 1 heterocycles. The van der Waals surface area contributed by atoms with Crippen molar-refractivity contribution in [3.05, 3.63) is 22.9 Å². The lowest BCUT2D eigenvalue weighted by Gasteiger charge is -2.17. The second kappa shape index (κ2) is 6.91. The van der Waals surface area contributed by atoms with Crippen LogP contribution in [0.2, 0.25) is 0 Å². The third kappa shape index (κ3) is 3.95. The molecule has 0 radical (unpaired) electrons. The van der Waals surface area contributed by atoms with E-state index in [1.54, 1.807) is 0 Å². The van der Waals surface area contributed by atoms with Crippen LogP contribution in [-0.4, -0.2) is 24.7 Å². The molecule has 3 rings (SSSR count). The number of pyridine rings is 1. The van der Waals surface area contributed by atoms with Gasteiger partial charge in [0, 0.05) is 25.5 Å². The predicted octanol–water partition coefficient (Wildman–Crippen LogP) is 3.06. The van der Waals surface area contributed by atoms with E-state index in [1.165, 1.54) is 36.9 Å². The minimum absolute atomic E-state index is 0.676. The van der Waals surface area contributed by atoms with Crippen molar-refractivity contribution in [2.75, 3.05) is 25.1 Å². The molecule has 0 spiro atoms. The topological polar surface area (TPSA) is 57.9 Å². The number of nitrogens with one attached hydrogen (secondary N) is 1. The van der Waals surface area contributed by atoms with E-state index in [9.17, 15) is 5.26 Å². The van der Waals surface area contributed by atoms with Gasteiger partial charge in [-0.05, 0) is 62.5 Å². The van der Waals surface area contributed by atoms with E-state index in [0.29, 0.717) is 5.56 Å². The number of fused-ring (bicyclic) bond motifs is 1.